The van der Waals surface area contributed by atoms with E-state index >= 15 is 0 Å². The number of nitrogens with zero attached hydrogens (tertiary/aromatic N) is 1. The van der Waals surface area contributed by atoms with E-state index in [9.17, 15) is 4.79 Å². The number of carbonyl (C=O) groups is 1. The largest absolute Gasteiger partial charge is 0.449 e. The minimum Gasteiger partial charge on any atom is -0.449 e. The SMILES string of the molecule is NCCN1C(=O)OCC2CCCC21. The summed E-state index contributed by atoms with van der Waals surface area (Å²) >= 11 is 0. The highest BCUT2D eigenvalue weighted by atomic mass is 16.6. The number of rotatable bonds is 2. The summed E-state index contributed by atoms with van der Waals surface area (Å²) in [6.07, 6.45) is 3.36. The summed E-state index contributed by atoms with van der Waals surface area (Å²) in [5, 5.41) is 0. The molecule has 1 amide bonds. The molecule has 2 N–H and O–H groups in total. The summed E-state index contributed by atoms with van der Waals surface area (Å²) in [5.41, 5.74) is 5.45. The van der Waals surface area contributed by atoms with Crippen molar-refractivity contribution in [2.24, 2.45) is 11.7 Å². The van der Waals surface area contributed by atoms with Crippen molar-refractivity contribution in [3.05, 3.63) is 0 Å². The first-order chi connectivity index (χ1) is 6.33. The summed E-state index contributed by atoms with van der Waals surface area (Å²) in [7, 11) is 0. The van der Waals surface area contributed by atoms with Gasteiger partial charge in [-0.3, -0.25) is 0 Å². The monoisotopic (exact) mass is 184 g/mol. The number of hydrogen-bond donors (Lipinski definition) is 1. The highest BCUT2D eigenvalue weighted by Gasteiger charge is 2.39. The van der Waals surface area contributed by atoms with Gasteiger partial charge < -0.3 is 15.4 Å². The molecule has 4 heteroatoms. The van der Waals surface area contributed by atoms with Gasteiger partial charge in [-0.25, -0.2) is 4.79 Å². The van der Waals surface area contributed by atoms with Crippen molar-refractivity contribution >= 4 is 6.09 Å². The van der Waals surface area contributed by atoms with Gasteiger partial charge in [-0.15, -0.1) is 0 Å². The first-order valence-corrected chi connectivity index (χ1v) is 4.96. The van der Waals surface area contributed by atoms with E-state index in [-0.39, 0.29) is 6.09 Å². The van der Waals surface area contributed by atoms with E-state index in [0.29, 0.717) is 31.7 Å². The van der Waals surface area contributed by atoms with Crippen LogP contribution in [0.5, 0.6) is 0 Å². The van der Waals surface area contributed by atoms with Gasteiger partial charge in [0.05, 0.1) is 6.61 Å². The fourth-order valence-electron chi connectivity index (χ4n) is 2.41. The molecule has 1 aliphatic carbocycles. The molecule has 1 saturated carbocycles. The molecule has 0 aromatic rings. The second kappa shape index (κ2) is 3.54. The van der Waals surface area contributed by atoms with E-state index in [1.54, 1.807) is 4.90 Å². The lowest BCUT2D eigenvalue weighted by molar-refractivity contribution is 0.0203. The molecule has 2 aliphatic rings. The summed E-state index contributed by atoms with van der Waals surface area (Å²) in [5.74, 6) is 0.559. The lowest BCUT2D eigenvalue weighted by Gasteiger charge is -2.36. The zero-order valence-corrected chi connectivity index (χ0v) is 7.74. The molecule has 13 heavy (non-hydrogen) atoms. The molecule has 74 valence electrons. The second-order valence-electron chi connectivity index (χ2n) is 3.82. The van der Waals surface area contributed by atoms with Crippen molar-refractivity contribution in [2.45, 2.75) is 25.3 Å². The topological polar surface area (TPSA) is 55.6 Å². The Bertz CT molecular complexity index is 208. The molecule has 1 heterocycles. The Kier molecular flexibility index (Phi) is 2.40. The van der Waals surface area contributed by atoms with Crippen LogP contribution in [0.1, 0.15) is 19.3 Å². The van der Waals surface area contributed by atoms with Gasteiger partial charge in [-0.1, -0.05) is 6.42 Å². The maximum Gasteiger partial charge on any atom is 0.410 e. The third-order valence-electron chi connectivity index (χ3n) is 3.04. The molecular weight excluding hydrogens is 168 g/mol. The Morgan fingerprint density at radius 1 is 1.54 bits per heavy atom. The van der Waals surface area contributed by atoms with Gasteiger partial charge in [0, 0.05) is 25.0 Å². The van der Waals surface area contributed by atoms with Crippen LogP contribution in [0.15, 0.2) is 0 Å². The maximum atomic E-state index is 11.4. The summed E-state index contributed by atoms with van der Waals surface area (Å²) in [6, 6.07) is 0.407. The van der Waals surface area contributed by atoms with Crippen molar-refractivity contribution in [2.75, 3.05) is 19.7 Å². The predicted molar refractivity (Wildman–Crippen MR) is 48.2 cm³/mol. The van der Waals surface area contributed by atoms with E-state index in [1.165, 1.54) is 12.8 Å². The standard InChI is InChI=1S/C9H16N2O2/c10-4-5-11-8-3-1-2-7(8)6-13-9(11)12/h7-8H,1-6,10H2. The van der Waals surface area contributed by atoms with Gasteiger partial charge in [0.2, 0.25) is 0 Å². The molecule has 2 rings (SSSR count). The number of hydrogen-bond acceptors (Lipinski definition) is 3. The van der Waals surface area contributed by atoms with Crippen LogP contribution in [0.3, 0.4) is 0 Å². The molecular formula is C9H16N2O2. The Labute approximate surface area is 78.0 Å². The number of cyclic esters (lactones) is 1. The fourth-order valence-corrected chi connectivity index (χ4v) is 2.41. The van der Waals surface area contributed by atoms with Crippen LogP contribution in [0, 0.1) is 5.92 Å². The number of ether oxygens (including phenoxy) is 1. The highest BCUT2D eigenvalue weighted by molar-refractivity contribution is 5.69. The van der Waals surface area contributed by atoms with E-state index in [1.807, 2.05) is 0 Å². The molecule has 0 aromatic carbocycles. The van der Waals surface area contributed by atoms with Crippen molar-refractivity contribution in [3.63, 3.8) is 0 Å². The van der Waals surface area contributed by atoms with Gasteiger partial charge >= 0.3 is 6.09 Å². The van der Waals surface area contributed by atoms with Gasteiger partial charge in [0.15, 0.2) is 0 Å². The van der Waals surface area contributed by atoms with E-state index < -0.39 is 0 Å². The van der Waals surface area contributed by atoms with Crippen molar-refractivity contribution < 1.29 is 9.53 Å². The number of amides is 1. The van der Waals surface area contributed by atoms with Crippen LogP contribution >= 0.6 is 0 Å². The summed E-state index contributed by atoms with van der Waals surface area (Å²) < 4.78 is 5.09. The van der Waals surface area contributed by atoms with Crippen LogP contribution in [0.4, 0.5) is 4.79 Å². The quantitative estimate of drug-likeness (QED) is 0.682. The minimum absolute atomic E-state index is 0.173. The van der Waals surface area contributed by atoms with Crippen LogP contribution in [-0.2, 0) is 4.74 Å². The molecule has 1 aliphatic heterocycles. The Morgan fingerprint density at radius 2 is 2.38 bits per heavy atom. The molecule has 2 unspecified atom stereocenters. The van der Waals surface area contributed by atoms with E-state index in [0.717, 1.165) is 6.42 Å². The molecule has 0 bridgehead atoms. The van der Waals surface area contributed by atoms with Crippen LogP contribution in [0.2, 0.25) is 0 Å². The van der Waals surface area contributed by atoms with Gasteiger partial charge in [0.25, 0.3) is 0 Å². The molecule has 2 fully saturated rings. The van der Waals surface area contributed by atoms with Crippen molar-refractivity contribution in [1.29, 1.82) is 0 Å². The predicted octanol–water partition coefficient (Wildman–Crippen LogP) is 0.566. The van der Waals surface area contributed by atoms with Gasteiger partial charge in [0.1, 0.15) is 0 Å². The first kappa shape index (κ1) is 8.81. The third-order valence-corrected chi connectivity index (χ3v) is 3.04. The number of nitrogens with two attached hydrogens (primary N) is 1. The van der Waals surface area contributed by atoms with Gasteiger partial charge in [-0.05, 0) is 12.8 Å². The van der Waals surface area contributed by atoms with Gasteiger partial charge in [-0.2, -0.15) is 0 Å². The molecule has 4 nitrogen and oxygen atoms in total. The summed E-state index contributed by atoms with van der Waals surface area (Å²) in [4.78, 5) is 13.2. The van der Waals surface area contributed by atoms with Crippen molar-refractivity contribution in [3.8, 4) is 0 Å². The normalized spacial score (nSPS) is 33.0. The van der Waals surface area contributed by atoms with E-state index in [4.69, 9.17) is 10.5 Å². The molecule has 0 aromatic heterocycles. The lowest BCUT2D eigenvalue weighted by atomic mass is 10.0. The van der Waals surface area contributed by atoms with Crippen molar-refractivity contribution in [1.82, 2.24) is 4.90 Å². The van der Waals surface area contributed by atoms with Crippen LogP contribution < -0.4 is 5.73 Å². The fraction of sp³-hybridized carbons (Fsp3) is 0.889. The smallest absolute Gasteiger partial charge is 0.410 e. The number of fused-ring (bicyclic) bond motifs is 1. The minimum atomic E-state index is -0.173. The van der Waals surface area contributed by atoms with Crippen LogP contribution in [0.25, 0.3) is 0 Å². The van der Waals surface area contributed by atoms with Crippen LogP contribution in [-0.4, -0.2) is 36.7 Å². The lowest BCUT2D eigenvalue weighted by Crippen LogP contribution is -2.50. The average molecular weight is 184 g/mol. The number of carbonyl (C=O) groups excluding carboxylic acids is 1. The molecule has 2 atom stereocenters. The second-order valence-corrected chi connectivity index (χ2v) is 3.82. The maximum absolute atomic E-state index is 11.4. The zero-order chi connectivity index (χ0) is 9.26. The molecule has 0 radical (unpaired) electrons. The highest BCUT2D eigenvalue weighted by Crippen LogP contribution is 2.33. The molecule has 0 spiro atoms. The zero-order valence-electron chi connectivity index (χ0n) is 7.74. The Morgan fingerprint density at radius 3 is 3.15 bits per heavy atom. The third kappa shape index (κ3) is 1.50. The average Bonchev–Trinajstić information content (AvgIpc) is 2.58. The molecule has 1 saturated heterocycles. The summed E-state index contributed by atoms with van der Waals surface area (Å²) in [6.45, 7) is 1.78. The first-order valence-electron chi connectivity index (χ1n) is 4.96. The Hall–Kier alpha value is -0.770. The Balaban J connectivity index is 2.06. The van der Waals surface area contributed by atoms with E-state index in [2.05, 4.69) is 0 Å².